The molecule has 0 saturated carbocycles. The fraction of sp³-hybridized carbons (Fsp3) is 0.846. The van der Waals surface area contributed by atoms with Crippen molar-refractivity contribution in [2.45, 2.75) is 53.4 Å². The smallest absolute Gasteiger partial charge is 0.216 e. The predicted molar refractivity (Wildman–Crippen MR) is 152 cm³/mol. The standard InChI is InChI=1S/C26H54N8O4/c1-23(35)28-10-5-14-32(15-6-11-29-24(2)36)19-21-34(17-8-13-31-26(4)38)22-20-33(18-9-27)16-7-12-30-25(3)37/h5-22,27H2,1-4H3,(H,28,35)(H,29,36)(H,30,37)(H,31,38). The summed E-state index contributed by atoms with van der Waals surface area (Å²) in [5.74, 6) is -0.0768. The highest BCUT2D eigenvalue weighted by Crippen LogP contribution is 2.00. The van der Waals surface area contributed by atoms with Gasteiger partial charge in [-0.2, -0.15) is 0 Å². The number of nitrogens with zero attached hydrogens (tertiary/aromatic N) is 3. The molecular weight excluding hydrogens is 488 g/mol. The van der Waals surface area contributed by atoms with E-state index in [1.165, 1.54) is 27.7 Å². The van der Waals surface area contributed by atoms with Gasteiger partial charge in [0.25, 0.3) is 0 Å². The summed E-state index contributed by atoms with van der Waals surface area (Å²) < 4.78 is 0. The largest absolute Gasteiger partial charge is 0.356 e. The van der Waals surface area contributed by atoms with Crippen molar-refractivity contribution in [3.8, 4) is 0 Å². The van der Waals surface area contributed by atoms with E-state index in [1.54, 1.807) is 0 Å². The quantitative estimate of drug-likeness (QED) is 0.0970. The number of carbonyl (C=O) groups excluding carboxylic acids is 4. The molecule has 0 radical (unpaired) electrons. The minimum Gasteiger partial charge on any atom is -0.356 e. The zero-order chi connectivity index (χ0) is 28.6. The maximum atomic E-state index is 11.3. The van der Waals surface area contributed by atoms with E-state index in [9.17, 15) is 19.2 Å². The summed E-state index contributed by atoms with van der Waals surface area (Å²) in [4.78, 5) is 51.9. The van der Waals surface area contributed by atoms with Crippen LogP contribution >= 0.6 is 0 Å². The molecule has 0 aliphatic rings. The van der Waals surface area contributed by atoms with Crippen molar-refractivity contribution < 1.29 is 19.2 Å². The molecule has 0 atom stereocenters. The Hall–Kier alpha value is -2.28. The average Bonchev–Trinajstić information content (AvgIpc) is 2.84. The highest BCUT2D eigenvalue weighted by molar-refractivity contribution is 5.73. The second kappa shape index (κ2) is 23.8. The fourth-order valence-electron chi connectivity index (χ4n) is 4.02. The van der Waals surface area contributed by atoms with Crippen LogP contribution in [0.5, 0.6) is 0 Å². The van der Waals surface area contributed by atoms with Crippen LogP contribution in [0.25, 0.3) is 0 Å². The maximum absolute atomic E-state index is 11.3. The third-order valence-corrected chi connectivity index (χ3v) is 6.01. The monoisotopic (exact) mass is 542 g/mol. The van der Waals surface area contributed by atoms with E-state index in [4.69, 9.17) is 5.73 Å². The Labute approximate surface area is 229 Å². The van der Waals surface area contributed by atoms with Crippen molar-refractivity contribution in [3.05, 3.63) is 0 Å². The first-order valence-corrected chi connectivity index (χ1v) is 14.0. The predicted octanol–water partition coefficient (Wildman–Crippen LogP) is -1.04. The van der Waals surface area contributed by atoms with Gasteiger partial charge < -0.3 is 41.7 Å². The second-order valence-electron chi connectivity index (χ2n) is 9.66. The van der Waals surface area contributed by atoms with Crippen molar-refractivity contribution >= 4 is 23.6 Å². The molecule has 0 heterocycles. The number of nitrogens with one attached hydrogen (secondary N) is 4. The molecule has 0 aromatic carbocycles. The zero-order valence-electron chi connectivity index (χ0n) is 24.3. The lowest BCUT2D eigenvalue weighted by Crippen LogP contribution is -2.43. The van der Waals surface area contributed by atoms with Crippen LogP contribution < -0.4 is 27.0 Å². The van der Waals surface area contributed by atoms with Crippen LogP contribution in [0.15, 0.2) is 0 Å². The number of hydrogen-bond acceptors (Lipinski definition) is 8. The molecule has 12 heteroatoms. The minimum atomic E-state index is -0.0216. The highest BCUT2D eigenvalue weighted by atomic mass is 16.2. The van der Waals surface area contributed by atoms with E-state index in [0.717, 1.165) is 84.6 Å². The van der Waals surface area contributed by atoms with Gasteiger partial charge in [0.1, 0.15) is 0 Å². The Balaban J connectivity index is 4.95. The molecule has 0 aliphatic carbocycles. The van der Waals surface area contributed by atoms with Gasteiger partial charge in [-0.25, -0.2) is 0 Å². The van der Waals surface area contributed by atoms with Crippen molar-refractivity contribution in [1.82, 2.24) is 36.0 Å². The molecule has 222 valence electrons. The van der Waals surface area contributed by atoms with E-state index >= 15 is 0 Å². The SMILES string of the molecule is CC(=O)NCCCN(CCN)CCN(CCCNC(C)=O)CCN(CCCNC(C)=O)CCCNC(C)=O. The van der Waals surface area contributed by atoms with E-state index in [-0.39, 0.29) is 23.6 Å². The van der Waals surface area contributed by atoms with E-state index in [1.807, 2.05) is 0 Å². The van der Waals surface area contributed by atoms with Crippen LogP contribution in [0, 0.1) is 0 Å². The number of rotatable bonds is 24. The second-order valence-corrected chi connectivity index (χ2v) is 9.66. The molecule has 0 spiro atoms. The van der Waals surface area contributed by atoms with Crippen molar-refractivity contribution in [2.75, 3.05) is 91.6 Å². The molecule has 6 N–H and O–H groups in total. The number of carbonyl (C=O) groups is 4. The van der Waals surface area contributed by atoms with Crippen LogP contribution in [0.3, 0.4) is 0 Å². The van der Waals surface area contributed by atoms with Gasteiger partial charge >= 0.3 is 0 Å². The van der Waals surface area contributed by atoms with E-state index < -0.39 is 0 Å². The molecule has 0 aliphatic heterocycles. The van der Waals surface area contributed by atoms with Gasteiger partial charge in [0.15, 0.2) is 0 Å². The molecule has 0 bridgehead atoms. The number of nitrogens with two attached hydrogens (primary N) is 1. The summed E-state index contributed by atoms with van der Waals surface area (Å²) in [6, 6.07) is 0. The molecule has 38 heavy (non-hydrogen) atoms. The Morgan fingerprint density at radius 2 is 0.684 bits per heavy atom. The van der Waals surface area contributed by atoms with Gasteiger partial charge in [-0.3, -0.25) is 19.2 Å². The van der Waals surface area contributed by atoms with Gasteiger partial charge in [0.05, 0.1) is 0 Å². The van der Waals surface area contributed by atoms with Crippen molar-refractivity contribution in [2.24, 2.45) is 5.73 Å². The summed E-state index contributed by atoms with van der Waals surface area (Å²) in [5.41, 5.74) is 5.84. The zero-order valence-corrected chi connectivity index (χ0v) is 24.3. The first kappa shape index (κ1) is 35.7. The lowest BCUT2D eigenvalue weighted by atomic mass is 10.3. The molecule has 12 nitrogen and oxygen atoms in total. The van der Waals surface area contributed by atoms with Gasteiger partial charge in [0.2, 0.25) is 23.6 Å². The Morgan fingerprint density at radius 3 is 0.921 bits per heavy atom. The Morgan fingerprint density at radius 1 is 0.447 bits per heavy atom. The lowest BCUT2D eigenvalue weighted by molar-refractivity contribution is -0.119. The number of amides is 4. The summed E-state index contributed by atoms with van der Waals surface area (Å²) in [6.07, 6.45) is 3.46. The first-order valence-electron chi connectivity index (χ1n) is 14.0. The normalized spacial score (nSPS) is 11.2. The third kappa shape index (κ3) is 24.1. The summed E-state index contributed by atoms with van der Waals surface area (Å²) in [5, 5.41) is 11.4. The summed E-state index contributed by atoms with van der Waals surface area (Å²) in [6.45, 7) is 17.1. The van der Waals surface area contributed by atoms with Gasteiger partial charge in [-0.15, -0.1) is 0 Å². The molecular formula is C26H54N8O4. The molecule has 0 fully saturated rings. The van der Waals surface area contributed by atoms with Crippen LogP contribution in [-0.4, -0.2) is 130 Å². The van der Waals surface area contributed by atoms with Crippen LogP contribution in [0.4, 0.5) is 0 Å². The van der Waals surface area contributed by atoms with Gasteiger partial charge in [-0.1, -0.05) is 0 Å². The van der Waals surface area contributed by atoms with Gasteiger partial charge in [-0.05, 0) is 51.9 Å². The summed E-state index contributed by atoms with van der Waals surface area (Å²) >= 11 is 0. The average molecular weight is 543 g/mol. The van der Waals surface area contributed by atoms with Crippen molar-refractivity contribution in [3.63, 3.8) is 0 Å². The lowest BCUT2D eigenvalue weighted by Gasteiger charge is -2.30. The fourth-order valence-corrected chi connectivity index (χ4v) is 4.02. The first-order chi connectivity index (χ1) is 18.1. The highest BCUT2D eigenvalue weighted by Gasteiger charge is 2.12. The molecule has 0 aromatic rings. The van der Waals surface area contributed by atoms with Crippen LogP contribution in [0.1, 0.15) is 53.4 Å². The van der Waals surface area contributed by atoms with E-state index in [0.29, 0.717) is 32.7 Å². The Kier molecular flexibility index (Phi) is 22.4. The summed E-state index contributed by atoms with van der Waals surface area (Å²) in [7, 11) is 0. The van der Waals surface area contributed by atoms with Crippen LogP contribution in [0.2, 0.25) is 0 Å². The molecule has 0 unspecified atom stereocenters. The topological polar surface area (TPSA) is 152 Å². The minimum absolute atomic E-state index is 0.0144. The third-order valence-electron chi connectivity index (χ3n) is 6.01. The van der Waals surface area contributed by atoms with Crippen molar-refractivity contribution in [1.29, 1.82) is 0 Å². The van der Waals surface area contributed by atoms with Crippen LogP contribution in [-0.2, 0) is 19.2 Å². The molecule has 0 aromatic heterocycles. The maximum Gasteiger partial charge on any atom is 0.216 e. The number of hydrogen-bond donors (Lipinski definition) is 5. The molecule has 0 rings (SSSR count). The molecule has 4 amide bonds. The molecule has 0 saturated heterocycles. The van der Waals surface area contributed by atoms with Gasteiger partial charge in [0, 0.05) is 93.1 Å². The Bertz CT molecular complexity index is 643. The van der Waals surface area contributed by atoms with E-state index in [2.05, 4.69) is 36.0 Å².